The van der Waals surface area contributed by atoms with Gasteiger partial charge in [0.15, 0.2) is 5.82 Å². The van der Waals surface area contributed by atoms with E-state index in [1.807, 2.05) is 24.3 Å². The van der Waals surface area contributed by atoms with Crippen molar-refractivity contribution >= 4 is 39.1 Å². The number of ether oxygens (including phenoxy) is 1. The number of aromatic nitrogens is 5. The van der Waals surface area contributed by atoms with Gasteiger partial charge in [-0.25, -0.2) is 14.6 Å². The third-order valence-electron chi connectivity index (χ3n) is 5.57. The highest BCUT2D eigenvalue weighted by molar-refractivity contribution is 7.98. The van der Waals surface area contributed by atoms with Crippen LogP contribution in [0.3, 0.4) is 0 Å². The van der Waals surface area contributed by atoms with Crippen molar-refractivity contribution < 1.29 is 4.74 Å². The summed E-state index contributed by atoms with van der Waals surface area (Å²) < 4.78 is 6.68. The van der Waals surface area contributed by atoms with E-state index in [1.165, 1.54) is 33.3 Å². The van der Waals surface area contributed by atoms with E-state index in [1.54, 1.807) is 18.4 Å². The van der Waals surface area contributed by atoms with E-state index in [9.17, 15) is 0 Å². The molecule has 1 aliphatic carbocycles. The summed E-state index contributed by atoms with van der Waals surface area (Å²) in [5.74, 6) is 10.1. The van der Waals surface area contributed by atoms with Gasteiger partial charge in [0.05, 0.1) is 18.2 Å². The van der Waals surface area contributed by atoms with Crippen molar-refractivity contribution in [2.75, 3.05) is 18.7 Å². The van der Waals surface area contributed by atoms with Crippen molar-refractivity contribution in [1.29, 1.82) is 0 Å². The largest absolute Gasteiger partial charge is 0.497 e. The first kappa shape index (κ1) is 20.1. The zero-order chi connectivity index (χ0) is 21.5. The molecule has 0 saturated heterocycles. The number of fused-ring (bicyclic) bond motifs is 3. The fourth-order valence-corrected chi connectivity index (χ4v) is 6.04. The quantitative estimate of drug-likeness (QED) is 0.347. The Morgan fingerprint density at radius 2 is 2.03 bits per heavy atom. The standard InChI is InChI=1S/C21H23N7OS2/c1-11-3-8-14-15(9-11)31-20-17(14)18(22)24-16(25-20)10-30-21-27-26-19(28(21)23)12-4-6-13(29-2)7-5-12/h4-7,11H,3,8-10,23H2,1-2H3,(H2,22,24,25). The highest BCUT2D eigenvalue weighted by atomic mass is 32.2. The first-order valence-electron chi connectivity index (χ1n) is 10.1. The van der Waals surface area contributed by atoms with Gasteiger partial charge in [-0.3, -0.25) is 0 Å². The number of thioether (sulfide) groups is 1. The number of hydrogen-bond acceptors (Lipinski definition) is 9. The van der Waals surface area contributed by atoms with Crippen LogP contribution in [0.25, 0.3) is 21.6 Å². The normalized spacial score (nSPS) is 15.9. The van der Waals surface area contributed by atoms with Crippen molar-refractivity contribution in [2.45, 2.75) is 37.1 Å². The lowest BCUT2D eigenvalue weighted by atomic mass is 9.89. The summed E-state index contributed by atoms with van der Waals surface area (Å²) in [5.41, 5.74) is 8.55. The minimum absolute atomic E-state index is 0.511. The second kappa shape index (κ2) is 8.01. The molecule has 0 aliphatic heterocycles. The summed E-state index contributed by atoms with van der Waals surface area (Å²) in [4.78, 5) is 11.7. The summed E-state index contributed by atoms with van der Waals surface area (Å²) >= 11 is 3.19. The molecule has 4 N–H and O–H groups in total. The third-order valence-corrected chi connectivity index (χ3v) is 7.66. The number of aryl methyl sites for hydroxylation is 1. The Morgan fingerprint density at radius 1 is 1.23 bits per heavy atom. The molecule has 0 spiro atoms. The summed E-state index contributed by atoms with van der Waals surface area (Å²) in [6, 6.07) is 7.53. The molecule has 5 rings (SSSR count). The van der Waals surface area contributed by atoms with Crippen molar-refractivity contribution in [3.8, 4) is 17.1 Å². The molecule has 0 saturated carbocycles. The molecule has 10 heteroatoms. The number of nitrogens with zero attached hydrogens (tertiary/aromatic N) is 5. The topological polar surface area (TPSA) is 118 Å². The Morgan fingerprint density at radius 3 is 2.81 bits per heavy atom. The lowest BCUT2D eigenvalue weighted by Crippen LogP contribution is -2.11. The van der Waals surface area contributed by atoms with Gasteiger partial charge in [-0.1, -0.05) is 18.7 Å². The van der Waals surface area contributed by atoms with Crippen molar-refractivity contribution in [2.24, 2.45) is 5.92 Å². The number of hydrogen-bond donors (Lipinski definition) is 2. The molecular weight excluding hydrogens is 430 g/mol. The molecule has 3 aromatic heterocycles. The molecule has 0 amide bonds. The molecule has 8 nitrogen and oxygen atoms in total. The SMILES string of the molecule is COc1ccc(-c2nnc(SCc3nc(N)c4c5c(sc4n3)CC(C)CC5)n2N)cc1. The third kappa shape index (κ3) is 3.70. The lowest BCUT2D eigenvalue weighted by Gasteiger charge is -2.17. The molecule has 1 atom stereocenters. The van der Waals surface area contributed by atoms with E-state index >= 15 is 0 Å². The van der Waals surface area contributed by atoms with Gasteiger partial charge in [0.2, 0.25) is 5.16 Å². The molecule has 1 aromatic carbocycles. The molecule has 1 aliphatic rings. The van der Waals surface area contributed by atoms with Crippen molar-refractivity contribution in [3.63, 3.8) is 0 Å². The van der Waals surface area contributed by atoms with Gasteiger partial charge < -0.3 is 16.3 Å². The lowest BCUT2D eigenvalue weighted by molar-refractivity contribution is 0.415. The highest BCUT2D eigenvalue weighted by Gasteiger charge is 2.23. The first-order valence-corrected chi connectivity index (χ1v) is 11.9. The summed E-state index contributed by atoms with van der Waals surface area (Å²) in [7, 11) is 1.63. The predicted octanol–water partition coefficient (Wildman–Crippen LogP) is 3.67. The number of nitrogen functional groups attached to an aromatic ring is 2. The Bertz CT molecular complexity index is 1250. The molecule has 1 unspecified atom stereocenters. The van der Waals surface area contributed by atoms with Crippen molar-refractivity contribution in [3.05, 3.63) is 40.5 Å². The number of thiophene rings is 1. The second-order valence-electron chi connectivity index (χ2n) is 7.75. The van der Waals surface area contributed by atoms with Gasteiger partial charge >= 0.3 is 0 Å². The fraction of sp³-hybridized carbons (Fsp3) is 0.333. The van der Waals surface area contributed by atoms with Gasteiger partial charge in [0.25, 0.3) is 0 Å². The van der Waals surface area contributed by atoms with E-state index in [4.69, 9.17) is 21.3 Å². The van der Waals surface area contributed by atoms with Gasteiger partial charge in [0.1, 0.15) is 22.2 Å². The second-order valence-corrected chi connectivity index (χ2v) is 9.78. The van der Waals surface area contributed by atoms with Crippen LogP contribution in [0.1, 0.15) is 29.6 Å². The van der Waals surface area contributed by atoms with E-state index in [-0.39, 0.29) is 0 Å². The fourth-order valence-electron chi connectivity index (χ4n) is 3.92. The first-order chi connectivity index (χ1) is 15.0. The van der Waals surface area contributed by atoms with Crippen LogP contribution in [0.4, 0.5) is 5.82 Å². The average molecular weight is 454 g/mol. The summed E-state index contributed by atoms with van der Waals surface area (Å²) in [6.07, 6.45) is 3.35. The molecule has 0 fully saturated rings. The van der Waals surface area contributed by atoms with E-state index in [2.05, 4.69) is 22.1 Å². The maximum Gasteiger partial charge on any atom is 0.210 e. The number of rotatable bonds is 5. The van der Waals surface area contributed by atoms with E-state index in [0.29, 0.717) is 34.3 Å². The van der Waals surface area contributed by atoms with Gasteiger partial charge in [-0.05, 0) is 55.0 Å². The Labute approximate surface area is 188 Å². The minimum Gasteiger partial charge on any atom is -0.497 e. The number of anilines is 1. The van der Waals surface area contributed by atoms with Gasteiger partial charge in [0, 0.05) is 10.4 Å². The van der Waals surface area contributed by atoms with Crippen LogP contribution in [-0.4, -0.2) is 32.0 Å². The maximum atomic E-state index is 6.34. The minimum atomic E-state index is 0.511. The molecule has 0 radical (unpaired) electrons. The molecule has 3 heterocycles. The van der Waals surface area contributed by atoms with Gasteiger partial charge in [-0.2, -0.15) is 0 Å². The summed E-state index contributed by atoms with van der Waals surface area (Å²) in [6.45, 7) is 2.30. The van der Waals surface area contributed by atoms with Crippen LogP contribution in [0.15, 0.2) is 29.4 Å². The maximum absolute atomic E-state index is 6.34. The number of methoxy groups -OCH3 is 1. The monoisotopic (exact) mass is 453 g/mol. The molecule has 0 bridgehead atoms. The van der Waals surface area contributed by atoms with Gasteiger partial charge in [-0.15, -0.1) is 21.5 Å². The average Bonchev–Trinajstić information content (AvgIpc) is 3.32. The van der Waals surface area contributed by atoms with Crippen LogP contribution >= 0.6 is 23.1 Å². The Kier molecular flexibility index (Phi) is 5.19. The summed E-state index contributed by atoms with van der Waals surface area (Å²) in [5, 5.41) is 10.1. The molecule has 31 heavy (non-hydrogen) atoms. The number of nitrogens with two attached hydrogens (primary N) is 2. The van der Waals surface area contributed by atoms with E-state index < -0.39 is 0 Å². The van der Waals surface area contributed by atoms with Crippen LogP contribution < -0.4 is 16.3 Å². The molecule has 160 valence electrons. The van der Waals surface area contributed by atoms with E-state index in [0.717, 1.165) is 34.4 Å². The number of benzene rings is 1. The Hall–Kier alpha value is -2.85. The van der Waals surface area contributed by atoms with Crippen LogP contribution in [-0.2, 0) is 18.6 Å². The smallest absolute Gasteiger partial charge is 0.210 e. The van der Waals surface area contributed by atoms with Crippen LogP contribution in [0, 0.1) is 5.92 Å². The van der Waals surface area contributed by atoms with Crippen LogP contribution in [0.5, 0.6) is 5.75 Å². The van der Waals surface area contributed by atoms with Crippen molar-refractivity contribution in [1.82, 2.24) is 24.8 Å². The zero-order valence-electron chi connectivity index (χ0n) is 17.3. The molecule has 4 aromatic rings. The predicted molar refractivity (Wildman–Crippen MR) is 125 cm³/mol. The Balaban J connectivity index is 1.37. The zero-order valence-corrected chi connectivity index (χ0v) is 19.0. The van der Waals surface area contributed by atoms with Crippen LogP contribution in [0.2, 0.25) is 0 Å². The highest BCUT2D eigenvalue weighted by Crippen LogP contribution is 2.39. The molecular formula is C21H23N7OS2.